The molecule has 0 aromatic carbocycles. The summed E-state index contributed by atoms with van der Waals surface area (Å²) < 4.78 is -1.49. The van der Waals surface area contributed by atoms with Gasteiger partial charge in [-0.3, -0.25) is 9.59 Å². The van der Waals surface area contributed by atoms with Gasteiger partial charge in [-0.15, -0.1) is 23.2 Å². The van der Waals surface area contributed by atoms with Crippen molar-refractivity contribution >= 4 is 69.8 Å². The summed E-state index contributed by atoms with van der Waals surface area (Å²) in [6.07, 6.45) is 0.674. The Balaban J connectivity index is 2.91. The van der Waals surface area contributed by atoms with E-state index >= 15 is 0 Å². The summed E-state index contributed by atoms with van der Waals surface area (Å²) in [7, 11) is 3.20. The Morgan fingerprint density at radius 2 is 1.35 bits per heavy atom. The number of amides is 2. The molecule has 2 amide bonds. The van der Waals surface area contributed by atoms with Gasteiger partial charge in [-0.25, -0.2) is 0 Å². The van der Waals surface area contributed by atoms with Gasteiger partial charge in [0, 0.05) is 20.0 Å². The van der Waals surface area contributed by atoms with Crippen LogP contribution < -0.4 is 0 Å². The first-order chi connectivity index (χ1) is 10.4. The summed E-state index contributed by atoms with van der Waals surface area (Å²) in [5.74, 6) is -0.830. The lowest BCUT2D eigenvalue weighted by atomic mass is 9.93. The Morgan fingerprint density at radius 3 is 1.70 bits per heavy atom. The molecule has 9 heteroatoms. The van der Waals surface area contributed by atoms with Gasteiger partial charge in [0.1, 0.15) is 16.9 Å². The number of alkyl halides is 5. The number of nitrogens with zero attached hydrogens (tertiary/aromatic N) is 2. The highest BCUT2D eigenvalue weighted by atomic mass is 35.6. The topological polar surface area (TPSA) is 40.6 Å². The summed E-state index contributed by atoms with van der Waals surface area (Å²) in [4.78, 5) is 27.6. The van der Waals surface area contributed by atoms with Gasteiger partial charge in [0.05, 0.1) is 0 Å². The fourth-order valence-electron chi connectivity index (χ4n) is 2.55. The molecule has 0 radical (unpaired) electrons. The lowest BCUT2D eigenvalue weighted by Crippen LogP contribution is -2.63. The molecule has 0 bridgehead atoms. The van der Waals surface area contributed by atoms with Gasteiger partial charge in [-0.1, -0.05) is 48.7 Å². The SMILES string of the molecule is CC(CC1C(=O)N(C)C(CC(C)C(Cl)(Cl)Cl)C(=O)N1C)C(Cl)Cl. The summed E-state index contributed by atoms with van der Waals surface area (Å²) in [6.45, 7) is 3.58. The Bertz CT molecular complexity index is 455. The largest absolute Gasteiger partial charge is 0.332 e. The van der Waals surface area contributed by atoms with E-state index in [0.717, 1.165) is 0 Å². The number of rotatable bonds is 5. The Kier molecular flexibility index (Phi) is 7.62. The Morgan fingerprint density at radius 1 is 0.957 bits per heavy atom. The van der Waals surface area contributed by atoms with Gasteiger partial charge in [0.2, 0.25) is 11.8 Å². The molecule has 0 N–H and O–H groups in total. The number of carbonyl (C=O) groups is 2. The van der Waals surface area contributed by atoms with Gasteiger partial charge >= 0.3 is 0 Å². The number of hydrogen-bond donors (Lipinski definition) is 0. The lowest BCUT2D eigenvalue weighted by molar-refractivity contribution is -0.159. The minimum Gasteiger partial charge on any atom is -0.332 e. The van der Waals surface area contributed by atoms with Crippen molar-refractivity contribution in [3.8, 4) is 0 Å². The smallest absolute Gasteiger partial charge is 0.245 e. The van der Waals surface area contributed by atoms with Crippen LogP contribution in [0.25, 0.3) is 0 Å². The third-order valence-corrected chi connectivity index (χ3v) is 6.34. The zero-order valence-corrected chi connectivity index (χ0v) is 17.2. The predicted octanol–water partition coefficient (Wildman–Crippen LogP) is 3.88. The van der Waals surface area contributed by atoms with Crippen molar-refractivity contribution in [2.24, 2.45) is 11.8 Å². The second kappa shape index (κ2) is 8.18. The van der Waals surface area contributed by atoms with Crippen LogP contribution in [0, 0.1) is 11.8 Å². The second-order valence-electron chi connectivity index (χ2n) is 6.16. The minimum atomic E-state index is -1.49. The second-order valence-corrected chi connectivity index (χ2v) is 9.69. The van der Waals surface area contributed by atoms with Crippen LogP contribution in [0.4, 0.5) is 0 Å². The molecule has 1 saturated heterocycles. The highest BCUT2D eigenvalue weighted by Gasteiger charge is 2.45. The van der Waals surface area contributed by atoms with E-state index in [0.29, 0.717) is 6.42 Å². The molecular formula is C14H21Cl5N2O2. The normalized spacial score (nSPS) is 26.0. The van der Waals surface area contributed by atoms with Crippen LogP contribution >= 0.6 is 58.0 Å². The number of likely N-dealkylation sites (N-methyl/N-ethyl adjacent to an activating group) is 2. The fourth-order valence-corrected chi connectivity index (χ4v) is 3.02. The first-order valence-electron chi connectivity index (χ1n) is 7.26. The summed E-state index contributed by atoms with van der Waals surface area (Å²) in [5, 5.41) is 0. The number of halogens is 5. The average molecular weight is 427 g/mol. The van der Waals surface area contributed by atoms with Crippen LogP contribution in [0.3, 0.4) is 0 Å². The molecule has 1 rings (SSSR count). The molecule has 0 aliphatic carbocycles. The van der Waals surface area contributed by atoms with E-state index in [1.807, 2.05) is 6.92 Å². The molecule has 4 nitrogen and oxygen atoms in total. The van der Waals surface area contributed by atoms with Gasteiger partial charge in [0.15, 0.2) is 3.79 Å². The maximum absolute atomic E-state index is 12.6. The van der Waals surface area contributed by atoms with Crippen molar-refractivity contribution in [1.82, 2.24) is 9.80 Å². The molecule has 0 aromatic heterocycles. The van der Waals surface area contributed by atoms with Crippen molar-refractivity contribution in [3.63, 3.8) is 0 Å². The van der Waals surface area contributed by atoms with E-state index in [4.69, 9.17) is 58.0 Å². The molecule has 134 valence electrons. The lowest BCUT2D eigenvalue weighted by Gasteiger charge is -2.43. The van der Waals surface area contributed by atoms with E-state index in [9.17, 15) is 9.59 Å². The quantitative estimate of drug-likeness (QED) is 0.626. The van der Waals surface area contributed by atoms with Gasteiger partial charge in [-0.2, -0.15) is 0 Å². The molecule has 1 fully saturated rings. The van der Waals surface area contributed by atoms with Crippen LogP contribution in [0.15, 0.2) is 0 Å². The Labute approximate surface area is 162 Å². The third-order valence-electron chi connectivity index (χ3n) is 4.36. The van der Waals surface area contributed by atoms with Crippen LogP contribution in [0.2, 0.25) is 0 Å². The van der Waals surface area contributed by atoms with Crippen LogP contribution in [-0.4, -0.2) is 56.4 Å². The highest BCUT2D eigenvalue weighted by molar-refractivity contribution is 6.67. The molecule has 4 atom stereocenters. The fraction of sp³-hybridized carbons (Fsp3) is 0.857. The molecule has 0 saturated carbocycles. The van der Waals surface area contributed by atoms with Crippen molar-refractivity contribution in [3.05, 3.63) is 0 Å². The van der Waals surface area contributed by atoms with E-state index < -0.39 is 20.7 Å². The van der Waals surface area contributed by atoms with Gasteiger partial charge in [0.25, 0.3) is 0 Å². The number of hydrogen-bond acceptors (Lipinski definition) is 2. The van der Waals surface area contributed by atoms with Crippen LogP contribution in [0.5, 0.6) is 0 Å². The van der Waals surface area contributed by atoms with E-state index in [1.54, 1.807) is 21.0 Å². The minimum absolute atomic E-state index is 0.118. The standard InChI is InChI=1S/C14H21Cl5N2O2/c1-7(11(15)16)5-9-12(22)21(4)10(13(23)20(9)3)6-8(2)14(17,18)19/h7-11H,5-6H2,1-4H3. The maximum atomic E-state index is 12.6. The first-order valence-corrected chi connectivity index (χ1v) is 9.26. The zero-order chi connectivity index (χ0) is 18.1. The van der Waals surface area contributed by atoms with Crippen molar-refractivity contribution in [2.75, 3.05) is 14.1 Å². The molecule has 4 unspecified atom stereocenters. The molecule has 23 heavy (non-hydrogen) atoms. The van der Waals surface area contributed by atoms with Gasteiger partial charge < -0.3 is 9.80 Å². The molecule has 0 aromatic rings. The van der Waals surface area contributed by atoms with Crippen molar-refractivity contribution < 1.29 is 9.59 Å². The van der Waals surface area contributed by atoms with Crippen LogP contribution in [-0.2, 0) is 9.59 Å². The van der Waals surface area contributed by atoms with E-state index in [-0.39, 0.29) is 30.1 Å². The zero-order valence-electron chi connectivity index (χ0n) is 13.4. The Hall–Kier alpha value is 0.390. The predicted molar refractivity (Wildman–Crippen MR) is 96.5 cm³/mol. The molecule has 0 spiro atoms. The summed E-state index contributed by atoms with van der Waals surface area (Å²) in [6, 6.07) is -1.23. The first kappa shape index (κ1) is 21.4. The summed E-state index contributed by atoms with van der Waals surface area (Å²) in [5.41, 5.74) is 0. The van der Waals surface area contributed by atoms with Crippen molar-refractivity contribution in [2.45, 2.75) is 47.4 Å². The average Bonchev–Trinajstić information content (AvgIpc) is 2.44. The van der Waals surface area contributed by atoms with Crippen LogP contribution in [0.1, 0.15) is 26.7 Å². The van der Waals surface area contributed by atoms with E-state index in [2.05, 4.69) is 0 Å². The maximum Gasteiger partial charge on any atom is 0.245 e. The molecule has 1 aliphatic rings. The third kappa shape index (κ3) is 5.18. The monoisotopic (exact) mass is 424 g/mol. The molecular weight excluding hydrogens is 405 g/mol. The molecule has 1 heterocycles. The highest BCUT2D eigenvalue weighted by Crippen LogP contribution is 2.38. The van der Waals surface area contributed by atoms with Gasteiger partial charge in [-0.05, 0) is 18.8 Å². The van der Waals surface area contributed by atoms with Crippen molar-refractivity contribution in [1.29, 1.82) is 0 Å². The number of piperazine rings is 1. The molecule has 1 aliphatic heterocycles. The number of carbonyl (C=O) groups excluding carboxylic acids is 2. The van der Waals surface area contributed by atoms with E-state index in [1.165, 1.54) is 9.80 Å². The summed E-state index contributed by atoms with van der Waals surface area (Å²) >= 11 is 29.3.